The average molecular weight is 429 g/mol. The molecule has 162 valence electrons. The summed E-state index contributed by atoms with van der Waals surface area (Å²) in [5.41, 5.74) is 4.47. The normalized spacial score (nSPS) is 11.7. The van der Waals surface area contributed by atoms with Crippen molar-refractivity contribution in [2.75, 3.05) is 7.05 Å². The van der Waals surface area contributed by atoms with Crippen molar-refractivity contribution in [3.05, 3.63) is 70.8 Å². The number of rotatable bonds is 5. The third-order valence-corrected chi connectivity index (χ3v) is 5.48. The number of halogens is 1. The van der Waals surface area contributed by atoms with Gasteiger partial charge in [0.05, 0.1) is 22.8 Å². The summed E-state index contributed by atoms with van der Waals surface area (Å²) in [6.07, 6.45) is 1.65. The van der Waals surface area contributed by atoms with Gasteiger partial charge >= 0.3 is 0 Å². The van der Waals surface area contributed by atoms with Crippen LogP contribution in [0.25, 0.3) is 33.3 Å². The zero-order chi connectivity index (χ0) is 23.0. The number of nitrogens with one attached hydrogen (secondary N) is 2. The number of pyridine rings is 1. The molecule has 4 rings (SSSR count). The Labute approximate surface area is 185 Å². The molecular formula is C25H24FN5O. The fourth-order valence-electron chi connectivity index (χ4n) is 3.94. The van der Waals surface area contributed by atoms with Gasteiger partial charge in [-0.15, -0.1) is 0 Å². The Morgan fingerprint density at radius 1 is 1.22 bits per heavy atom. The molecule has 0 aliphatic carbocycles. The Balaban J connectivity index is 1.88. The van der Waals surface area contributed by atoms with Gasteiger partial charge in [-0.3, -0.25) is 10.1 Å². The zero-order valence-electron chi connectivity index (χ0n) is 18.4. The third-order valence-electron chi connectivity index (χ3n) is 5.48. The van der Waals surface area contributed by atoms with Crippen LogP contribution in [-0.2, 0) is 12.1 Å². The Hall–Kier alpha value is -3.60. The van der Waals surface area contributed by atoms with Crippen molar-refractivity contribution in [1.82, 2.24) is 20.5 Å². The van der Waals surface area contributed by atoms with Gasteiger partial charge in [-0.1, -0.05) is 6.07 Å². The number of nitriles is 1. The number of H-pyrrole nitrogens is 1. The van der Waals surface area contributed by atoms with Crippen molar-refractivity contribution >= 4 is 10.9 Å². The lowest BCUT2D eigenvalue weighted by molar-refractivity contribution is 0.0739. The van der Waals surface area contributed by atoms with Crippen molar-refractivity contribution in [3.8, 4) is 28.5 Å². The Morgan fingerprint density at radius 2 is 2.00 bits per heavy atom. The van der Waals surface area contributed by atoms with E-state index in [0.29, 0.717) is 40.1 Å². The number of nitrogens with zero attached hydrogens (tertiary/aromatic N) is 3. The molecule has 2 aromatic heterocycles. The first-order chi connectivity index (χ1) is 15.2. The standard InChI is InChI=1S/C25H24FN5O/c1-14-7-15(12-28-4)8-20(26)23(14)18-10-19-21(9-17(18)11-27)30-31-24(19)16-5-6-22(29-13-16)25(2,3)32/h5-10,13,28,32H,12H2,1-4H3,(H,30,31). The van der Waals surface area contributed by atoms with Gasteiger partial charge in [0.15, 0.2) is 0 Å². The van der Waals surface area contributed by atoms with Gasteiger partial charge in [-0.05, 0) is 69.3 Å². The van der Waals surface area contributed by atoms with E-state index in [9.17, 15) is 10.4 Å². The summed E-state index contributed by atoms with van der Waals surface area (Å²) in [4.78, 5) is 4.36. The largest absolute Gasteiger partial charge is 0.384 e. The molecule has 32 heavy (non-hydrogen) atoms. The van der Waals surface area contributed by atoms with Crippen LogP contribution in [0.15, 0.2) is 42.6 Å². The number of aromatic amines is 1. The molecule has 7 heteroatoms. The highest BCUT2D eigenvalue weighted by Crippen LogP contribution is 2.36. The lowest BCUT2D eigenvalue weighted by Gasteiger charge is -2.16. The van der Waals surface area contributed by atoms with Crippen molar-refractivity contribution in [1.29, 1.82) is 5.26 Å². The molecule has 0 fully saturated rings. The summed E-state index contributed by atoms with van der Waals surface area (Å²) in [5.74, 6) is -0.368. The van der Waals surface area contributed by atoms with E-state index in [4.69, 9.17) is 0 Å². The number of hydrogen-bond donors (Lipinski definition) is 3. The Morgan fingerprint density at radius 3 is 2.59 bits per heavy atom. The number of aryl methyl sites for hydroxylation is 1. The molecular weight excluding hydrogens is 405 g/mol. The minimum atomic E-state index is -1.05. The van der Waals surface area contributed by atoms with E-state index in [-0.39, 0.29) is 5.82 Å². The quantitative estimate of drug-likeness (QED) is 0.432. The molecule has 0 unspecified atom stereocenters. The number of aromatic nitrogens is 3. The van der Waals surface area contributed by atoms with Crippen molar-refractivity contribution < 1.29 is 9.50 Å². The highest BCUT2D eigenvalue weighted by Gasteiger charge is 2.20. The molecule has 2 heterocycles. The van der Waals surface area contributed by atoms with E-state index in [0.717, 1.165) is 22.1 Å². The first kappa shape index (κ1) is 21.6. The fourth-order valence-corrected chi connectivity index (χ4v) is 3.94. The predicted octanol–water partition coefficient (Wildman–Crippen LogP) is 4.56. The smallest absolute Gasteiger partial charge is 0.131 e. The van der Waals surface area contributed by atoms with Gasteiger partial charge in [0.2, 0.25) is 0 Å². The lowest BCUT2D eigenvalue weighted by Crippen LogP contribution is -2.17. The third kappa shape index (κ3) is 3.86. The SMILES string of the molecule is CNCc1cc(C)c(-c2cc3c(-c4ccc(C(C)(C)O)nc4)n[nH]c3cc2C#N)c(F)c1. The van der Waals surface area contributed by atoms with Crippen LogP contribution >= 0.6 is 0 Å². The molecule has 0 saturated carbocycles. The number of aliphatic hydroxyl groups is 1. The molecule has 2 aromatic carbocycles. The lowest BCUT2D eigenvalue weighted by atomic mass is 9.92. The molecule has 4 aromatic rings. The maximum absolute atomic E-state index is 15.1. The van der Waals surface area contributed by atoms with Crippen molar-refractivity contribution in [3.63, 3.8) is 0 Å². The molecule has 0 aliphatic rings. The van der Waals surface area contributed by atoms with Crippen LogP contribution in [0.4, 0.5) is 4.39 Å². The molecule has 0 amide bonds. The van der Waals surface area contributed by atoms with Crippen LogP contribution in [0.2, 0.25) is 0 Å². The van der Waals surface area contributed by atoms with Gasteiger partial charge in [0, 0.05) is 34.8 Å². The highest BCUT2D eigenvalue weighted by atomic mass is 19.1. The van der Waals surface area contributed by atoms with E-state index in [1.165, 1.54) is 6.07 Å². The van der Waals surface area contributed by atoms with Crippen molar-refractivity contribution in [2.45, 2.75) is 32.9 Å². The Bertz CT molecular complexity index is 1320. The predicted molar refractivity (Wildman–Crippen MR) is 122 cm³/mol. The maximum Gasteiger partial charge on any atom is 0.131 e. The van der Waals surface area contributed by atoms with Crippen LogP contribution < -0.4 is 5.32 Å². The van der Waals surface area contributed by atoms with E-state index in [2.05, 4.69) is 26.6 Å². The maximum atomic E-state index is 15.1. The minimum absolute atomic E-state index is 0.367. The van der Waals surface area contributed by atoms with Gasteiger partial charge < -0.3 is 10.4 Å². The molecule has 0 aliphatic heterocycles. The second-order valence-electron chi connectivity index (χ2n) is 8.42. The molecule has 6 nitrogen and oxygen atoms in total. The summed E-state index contributed by atoms with van der Waals surface area (Å²) in [6.45, 7) is 5.75. The van der Waals surface area contributed by atoms with E-state index in [1.54, 1.807) is 38.2 Å². The van der Waals surface area contributed by atoms with Crippen LogP contribution in [0, 0.1) is 24.1 Å². The topological polar surface area (TPSA) is 97.6 Å². The molecule has 0 bridgehead atoms. The summed E-state index contributed by atoms with van der Waals surface area (Å²) in [7, 11) is 1.81. The molecule has 0 radical (unpaired) electrons. The van der Waals surface area contributed by atoms with Gasteiger partial charge in [0.1, 0.15) is 17.1 Å². The summed E-state index contributed by atoms with van der Waals surface area (Å²) < 4.78 is 15.1. The van der Waals surface area contributed by atoms with Crippen LogP contribution in [0.1, 0.15) is 36.2 Å². The van der Waals surface area contributed by atoms with E-state index >= 15 is 4.39 Å². The summed E-state index contributed by atoms with van der Waals surface area (Å²) in [5, 5.41) is 31.1. The molecule has 3 N–H and O–H groups in total. The monoisotopic (exact) mass is 429 g/mol. The van der Waals surface area contributed by atoms with Gasteiger partial charge in [0.25, 0.3) is 0 Å². The number of benzene rings is 2. The number of hydrogen-bond acceptors (Lipinski definition) is 5. The minimum Gasteiger partial charge on any atom is -0.384 e. The van der Waals surface area contributed by atoms with Crippen LogP contribution in [-0.4, -0.2) is 27.3 Å². The second-order valence-corrected chi connectivity index (χ2v) is 8.42. The second kappa shape index (κ2) is 8.15. The van der Waals surface area contributed by atoms with Gasteiger partial charge in [-0.2, -0.15) is 10.4 Å². The van der Waals surface area contributed by atoms with E-state index < -0.39 is 5.60 Å². The molecule has 0 saturated heterocycles. The van der Waals surface area contributed by atoms with Gasteiger partial charge in [-0.25, -0.2) is 4.39 Å². The van der Waals surface area contributed by atoms with Crippen molar-refractivity contribution in [2.24, 2.45) is 0 Å². The number of fused-ring (bicyclic) bond motifs is 1. The highest BCUT2D eigenvalue weighted by molar-refractivity contribution is 5.97. The van der Waals surface area contributed by atoms with E-state index in [1.807, 2.05) is 26.1 Å². The summed E-state index contributed by atoms with van der Waals surface area (Å²) in [6, 6.07) is 12.7. The zero-order valence-corrected chi connectivity index (χ0v) is 18.4. The first-order valence-electron chi connectivity index (χ1n) is 10.3. The fraction of sp³-hybridized carbons (Fsp3) is 0.240. The first-order valence-corrected chi connectivity index (χ1v) is 10.3. The average Bonchev–Trinajstić information content (AvgIpc) is 3.15. The van der Waals surface area contributed by atoms with Crippen LogP contribution in [0.5, 0.6) is 0 Å². The summed E-state index contributed by atoms with van der Waals surface area (Å²) >= 11 is 0. The molecule has 0 spiro atoms. The molecule has 0 atom stereocenters. The van der Waals surface area contributed by atoms with Crippen LogP contribution in [0.3, 0.4) is 0 Å². The Kier molecular flexibility index (Phi) is 5.51.